The van der Waals surface area contributed by atoms with Crippen molar-refractivity contribution in [2.75, 3.05) is 32.9 Å². The third kappa shape index (κ3) is 7.85. The summed E-state index contributed by atoms with van der Waals surface area (Å²) in [5.41, 5.74) is 0. The molecule has 0 aliphatic rings. The maximum atomic E-state index is 11.9. The molecule has 0 aliphatic heterocycles. The highest BCUT2D eigenvalue weighted by atomic mass is 32.2. The number of nitrogens with zero attached hydrogens (tertiary/aromatic N) is 1. The molecule has 1 unspecified atom stereocenters. The monoisotopic (exact) mass is 264 g/mol. The second kappa shape index (κ2) is 5.80. The Morgan fingerprint density at radius 2 is 1.94 bits per heavy atom. The lowest BCUT2D eigenvalue weighted by atomic mass is 10.3. The number of alkyl halides is 3. The Bertz CT molecular complexity index is 304. The van der Waals surface area contributed by atoms with E-state index in [9.17, 15) is 21.6 Å². The van der Waals surface area contributed by atoms with Gasteiger partial charge in [0, 0.05) is 19.6 Å². The molecule has 0 aliphatic carbocycles. The van der Waals surface area contributed by atoms with E-state index in [1.807, 2.05) is 0 Å². The fourth-order valence-electron chi connectivity index (χ4n) is 0.912. The van der Waals surface area contributed by atoms with Crippen molar-refractivity contribution < 1.29 is 26.7 Å². The molecule has 0 heterocycles. The lowest BCUT2D eigenvalue weighted by molar-refractivity contribution is -0.207. The molecule has 0 aromatic rings. The van der Waals surface area contributed by atoms with Gasteiger partial charge in [0.15, 0.2) is 6.10 Å². The normalized spacial score (nSPS) is 15.4. The first-order valence-corrected chi connectivity index (χ1v) is 6.29. The average molecular weight is 264 g/mol. The number of sulfonamides is 1. The Morgan fingerprint density at radius 1 is 1.44 bits per heavy atom. The lowest BCUT2D eigenvalue weighted by Crippen LogP contribution is -2.42. The van der Waals surface area contributed by atoms with Crippen LogP contribution in [0.3, 0.4) is 0 Å². The number of hydrogen-bond acceptors (Lipinski definition) is 4. The highest BCUT2D eigenvalue weighted by molar-refractivity contribution is 7.88. The molecule has 0 radical (unpaired) electrons. The molecule has 0 saturated carbocycles. The van der Waals surface area contributed by atoms with Crippen LogP contribution in [0.15, 0.2) is 0 Å². The first kappa shape index (κ1) is 15.6. The van der Waals surface area contributed by atoms with E-state index in [2.05, 4.69) is 4.72 Å². The van der Waals surface area contributed by atoms with E-state index in [4.69, 9.17) is 5.11 Å². The number of aliphatic hydroxyl groups excluding tert-OH is 1. The van der Waals surface area contributed by atoms with Gasteiger partial charge in [0.1, 0.15) is 0 Å². The highest BCUT2D eigenvalue weighted by Gasteiger charge is 2.38. The molecule has 0 aromatic carbocycles. The lowest BCUT2D eigenvalue weighted by Gasteiger charge is -2.21. The minimum absolute atomic E-state index is 0.0000888. The van der Waals surface area contributed by atoms with Crippen molar-refractivity contribution in [2.24, 2.45) is 0 Å². The van der Waals surface area contributed by atoms with E-state index >= 15 is 0 Å². The molecule has 0 spiro atoms. The van der Waals surface area contributed by atoms with Crippen LogP contribution in [-0.2, 0) is 10.0 Å². The predicted molar refractivity (Wildman–Crippen MR) is 52.4 cm³/mol. The minimum atomic E-state index is -4.65. The molecule has 0 fully saturated rings. The summed E-state index contributed by atoms with van der Waals surface area (Å²) in [6.45, 7) is -0.505. The molecular weight excluding hydrogens is 249 g/mol. The first-order chi connectivity index (χ1) is 7.02. The number of hydrogen-bond donors (Lipinski definition) is 2. The van der Waals surface area contributed by atoms with Crippen molar-refractivity contribution in [3.8, 4) is 0 Å². The van der Waals surface area contributed by atoms with Crippen molar-refractivity contribution in [2.45, 2.75) is 12.3 Å². The van der Waals surface area contributed by atoms with Crippen molar-refractivity contribution in [1.82, 2.24) is 9.62 Å². The fourth-order valence-corrected chi connectivity index (χ4v) is 1.37. The van der Waals surface area contributed by atoms with Crippen LogP contribution >= 0.6 is 0 Å². The van der Waals surface area contributed by atoms with Crippen LogP contribution < -0.4 is 4.72 Å². The second-order valence-corrected chi connectivity index (χ2v) is 5.32. The van der Waals surface area contributed by atoms with E-state index in [-0.39, 0.29) is 13.1 Å². The van der Waals surface area contributed by atoms with E-state index in [1.165, 1.54) is 11.9 Å². The zero-order valence-electron chi connectivity index (χ0n) is 8.95. The van der Waals surface area contributed by atoms with Crippen molar-refractivity contribution in [3.05, 3.63) is 0 Å². The third-order valence-electron chi connectivity index (χ3n) is 1.72. The number of likely N-dealkylation sites (N-methyl/N-ethyl adjacent to an activating group) is 1. The van der Waals surface area contributed by atoms with Crippen LogP contribution in [0, 0.1) is 0 Å². The van der Waals surface area contributed by atoms with Crippen molar-refractivity contribution >= 4 is 10.0 Å². The zero-order chi connectivity index (χ0) is 13.0. The number of nitrogens with one attached hydrogen (secondary N) is 1. The van der Waals surface area contributed by atoms with Gasteiger partial charge in [-0.05, 0) is 7.05 Å². The van der Waals surface area contributed by atoms with Gasteiger partial charge in [-0.2, -0.15) is 13.2 Å². The maximum absolute atomic E-state index is 11.9. The first-order valence-electron chi connectivity index (χ1n) is 4.40. The molecule has 5 nitrogen and oxygen atoms in total. The second-order valence-electron chi connectivity index (χ2n) is 3.49. The van der Waals surface area contributed by atoms with Gasteiger partial charge in [0.25, 0.3) is 0 Å². The van der Waals surface area contributed by atoms with Crippen LogP contribution in [0.2, 0.25) is 0 Å². The van der Waals surface area contributed by atoms with Crippen molar-refractivity contribution in [3.63, 3.8) is 0 Å². The van der Waals surface area contributed by atoms with Gasteiger partial charge >= 0.3 is 6.18 Å². The molecule has 0 rings (SSSR count). The molecular formula is C7H15F3N2O3S. The zero-order valence-corrected chi connectivity index (χ0v) is 9.77. The summed E-state index contributed by atoms with van der Waals surface area (Å²) < 4.78 is 59.2. The molecule has 9 heteroatoms. The van der Waals surface area contributed by atoms with E-state index in [0.717, 1.165) is 6.26 Å². The van der Waals surface area contributed by atoms with Gasteiger partial charge in [-0.1, -0.05) is 0 Å². The summed E-state index contributed by atoms with van der Waals surface area (Å²) in [5, 5.41) is 8.71. The summed E-state index contributed by atoms with van der Waals surface area (Å²) in [4.78, 5) is 1.19. The summed E-state index contributed by atoms with van der Waals surface area (Å²) in [6.07, 6.45) is -6.12. The topological polar surface area (TPSA) is 69.6 Å². The van der Waals surface area contributed by atoms with E-state index < -0.39 is 28.8 Å². The number of aliphatic hydroxyl groups is 1. The van der Waals surface area contributed by atoms with Crippen LogP contribution in [0.5, 0.6) is 0 Å². The highest BCUT2D eigenvalue weighted by Crippen LogP contribution is 2.20. The Kier molecular flexibility index (Phi) is 5.66. The Hall–Kier alpha value is -0.380. The van der Waals surface area contributed by atoms with Gasteiger partial charge in [0.05, 0.1) is 6.26 Å². The van der Waals surface area contributed by atoms with Gasteiger partial charge in [-0.3, -0.25) is 0 Å². The summed E-state index contributed by atoms with van der Waals surface area (Å²) in [6, 6.07) is 0. The molecule has 16 heavy (non-hydrogen) atoms. The summed E-state index contributed by atoms with van der Waals surface area (Å²) in [7, 11) is -1.98. The Balaban J connectivity index is 3.88. The standard InChI is InChI=1S/C7H15F3N2O3S/c1-12(4-3-11-16(2,14)15)5-6(13)7(8,9)10/h6,11,13H,3-5H2,1-2H3. The van der Waals surface area contributed by atoms with Gasteiger partial charge < -0.3 is 10.0 Å². The van der Waals surface area contributed by atoms with Crippen molar-refractivity contribution in [1.29, 1.82) is 0 Å². The Morgan fingerprint density at radius 3 is 2.31 bits per heavy atom. The maximum Gasteiger partial charge on any atom is 0.415 e. The molecule has 1 atom stereocenters. The average Bonchev–Trinajstić information content (AvgIpc) is 1.99. The molecule has 98 valence electrons. The van der Waals surface area contributed by atoms with Gasteiger partial charge in [0.2, 0.25) is 10.0 Å². The molecule has 0 saturated heterocycles. The van der Waals surface area contributed by atoms with Gasteiger partial charge in [-0.25, -0.2) is 13.1 Å². The molecule has 0 amide bonds. The summed E-state index contributed by atoms with van der Waals surface area (Å²) in [5.74, 6) is 0. The quantitative estimate of drug-likeness (QED) is 0.671. The van der Waals surface area contributed by atoms with E-state index in [0.29, 0.717) is 0 Å². The Labute approximate surface area is 92.3 Å². The molecule has 0 bridgehead atoms. The SMILES string of the molecule is CN(CCNS(C)(=O)=O)CC(O)C(F)(F)F. The van der Waals surface area contributed by atoms with Crippen LogP contribution in [0.1, 0.15) is 0 Å². The number of halogens is 3. The molecule has 2 N–H and O–H groups in total. The predicted octanol–water partition coefficient (Wildman–Crippen LogP) is -0.609. The molecule has 0 aromatic heterocycles. The largest absolute Gasteiger partial charge is 0.415 e. The van der Waals surface area contributed by atoms with Crippen LogP contribution in [0.25, 0.3) is 0 Å². The smallest absolute Gasteiger partial charge is 0.382 e. The number of rotatable bonds is 6. The summed E-state index contributed by atoms with van der Waals surface area (Å²) >= 11 is 0. The van der Waals surface area contributed by atoms with Crippen LogP contribution in [0.4, 0.5) is 13.2 Å². The third-order valence-corrected chi connectivity index (χ3v) is 2.45. The minimum Gasteiger partial charge on any atom is -0.382 e. The van der Waals surface area contributed by atoms with E-state index in [1.54, 1.807) is 0 Å². The van der Waals surface area contributed by atoms with Gasteiger partial charge in [-0.15, -0.1) is 0 Å². The fraction of sp³-hybridized carbons (Fsp3) is 1.00. The van der Waals surface area contributed by atoms with Crippen LogP contribution in [-0.4, -0.2) is 63.6 Å².